The Hall–Kier alpha value is -3.00. The fraction of sp³-hybridized carbons (Fsp3) is 0.300. The molecule has 0 saturated heterocycles. The molecule has 0 fully saturated rings. The zero-order chi connectivity index (χ0) is 17.9. The number of pyridine rings is 1. The molecule has 126 valence electrons. The van der Waals surface area contributed by atoms with Crippen molar-refractivity contribution >= 4 is 16.9 Å². The van der Waals surface area contributed by atoms with Gasteiger partial charge in [0.2, 0.25) is 5.95 Å². The van der Waals surface area contributed by atoms with Crippen molar-refractivity contribution in [2.24, 2.45) is 5.41 Å². The fourth-order valence-corrected chi connectivity index (χ4v) is 2.72. The van der Waals surface area contributed by atoms with E-state index in [-0.39, 0.29) is 5.41 Å². The number of para-hydroxylation sites is 1. The molecule has 2 aromatic heterocycles. The van der Waals surface area contributed by atoms with Crippen LogP contribution in [0.1, 0.15) is 32.2 Å². The number of anilines is 1. The molecular formula is C20H21N5. The average Bonchev–Trinajstić information content (AvgIpc) is 2.60. The minimum atomic E-state index is 0.0584. The number of nitrogens with zero attached hydrogens (tertiary/aromatic N) is 5. The van der Waals surface area contributed by atoms with Crippen LogP contribution < -0.4 is 4.90 Å². The molecule has 5 nitrogen and oxygen atoms in total. The number of aromatic nitrogens is 3. The highest BCUT2D eigenvalue weighted by Crippen LogP contribution is 2.21. The van der Waals surface area contributed by atoms with Gasteiger partial charge < -0.3 is 4.90 Å². The number of rotatable bonds is 4. The van der Waals surface area contributed by atoms with E-state index in [9.17, 15) is 0 Å². The summed E-state index contributed by atoms with van der Waals surface area (Å²) in [5.41, 5.74) is 2.36. The van der Waals surface area contributed by atoms with E-state index < -0.39 is 0 Å². The van der Waals surface area contributed by atoms with Crippen molar-refractivity contribution in [1.82, 2.24) is 15.0 Å². The van der Waals surface area contributed by atoms with Crippen LogP contribution in [-0.2, 0) is 6.54 Å². The monoisotopic (exact) mass is 331 g/mol. The van der Waals surface area contributed by atoms with Crippen LogP contribution in [0.4, 0.5) is 5.95 Å². The molecule has 2 heterocycles. The normalized spacial score (nSPS) is 11.3. The Balaban J connectivity index is 1.94. The smallest absolute Gasteiger partial charge is 0.226 e. The summed E-state index contributed by atoms with van der Waals surface area (Å²) >= 11 is 0. The second kappa shape index (κ2) is 6.86. The minimum absolute atomic E-state index is 0.0584. The molecule has 0 radical (unpaired) electrons. The second-order valence-electron chi connectivity index (χ2n) is 7.27. The van der Waals surface area contributed by atoms with Gasteiger partial charge in [0.05, 0.1) is 17.8 Å². The standard InChI is InChI=1S/C20H21N5/c1-20(2,3)14-25(19-22-11-10-16(12-21)24-19)13-17-9-8-15-6-4-5-7-18(15)23-17/h4-11H,13-14H2,1-3H3. The molecule has 1 aromatic carbocycles. The predicted molar refractivity (Wildman–Crippen MR) is 99.0 cm³/mol. The highest BCUT2D eigenvalue weighted by molar-refractivity contribution is 5.78. The maximum Gasteiger partial charge on any atom is 0.226 e. The molecule has 25 heavy (non-hydrogen) atoms. The molecule has 0 spiro atoms. The van der Waals surface area contributed by atoms with Gasteiger partial charge in [-0.05, 0) is 23.6 Å². The molecular weight excluding hydrogens is 310 g/mol. The first kappa shape index (κ1) is 16.8. The lowest BCUT2D eigenvalue weighted by molar-refractivity contribution is 0.405. The summed E-state index contributed by atoms with van der Waals surface area (Å²) in [6.45, 7) is 7.86. The van der Waals surface area contributed by atoms with E-state index in [2.05, 4.69) is 53.8 Å². The molecule has 0 bridgehead atoms. The average molecular weight is 331 g/mol. The van der Waals surface area contributed by atoms with Gasteiger partial charge in [-0.1, -0.05) is 45.0 Å². The van der Waals surface area contributed by atoms with Crippen LogP contribution in [0, 0.1) is 16.7 Å². The molecule has 0 aliphatic heterocycles. The lowest BCUT2D eigenvalue weighted by atomic mass is 9.96. The van der Waals surface area contributed by atoms with Gasteiger partial charge >= 0.3 is 0 Å². The van der Waals surface area contributed by atoms with Crippen molar-refractivity contribution < 1.29 is 0 Å². The first-order chi connectivity index (χ1) is 11.9. The van der Waals surface area contributed by atoms with Crippen molar-refractivity contribution in [3.63, 3.8) is 0 Å². The SMILES string of the molecule is CC(C)(C)CN(Cc1ccc2ccccc2n1)c1nccc(C#N)n1. The lowest BCUT2D eigenvalue weighted by Crippen LogP contribution is -2.34. The van der Waals surface area contributed by atoms with Crippen molar-refractivity contribution in [3.05, 3.63) is 60.0 Å². The fourth-order valence-electron chi connectivity index (χ4n) is 2.72. The van der Waals surface area contributed by atoms with Gasteiger partial charge in [0.15, 0.2) is 0 Å². The Morgan fingerprint density at radius 2 is 1.84 bits per heavy atom. The first-order valence-corrected chi connectivity index (χ1v) is 8.27. The third-order valence-electron chi connectivity index (χ3n) is 3.71. The summed E-state index contributed by atoms with van der Waals surface area (Å²) in [4.78, 5) is 15.6. The Morgan fingerprint density at radius 3 is 2.60 bits per heavy atom. The summed E-state index contributed by atoms with van der Waals surface area (Å²) in [7, 11) is 0. The topological polar surface area (TPSA) is 65.7 Å². The van der Waals surface area contributed by atoms with Crippen LogP contribution >= 0.6 is 0 Å². The Labute approximate surface area is 148 Å². The van der Waals surface area contributed by atoms with E-state index in [1.165, 1.54) is 0 Å². The molecule has 3 aromatic rings. The van der Waals surface area contributed by atoms with E-state index >= 15 is 0 Å². The summed E-state index contributed by atoms with van der Waals surface area (Å²) in [5.74, 6) is 0.559. The maximum absolute atomic E-state index is 9.11. The third kappa shape index (κ3) is 4.30. The molecule has 0 aliphatic rings. The summed E-state index contributed by atoms with van der Waals surface area (Å²) in [6, 6.07) is 15.9. The van der Waals surface area contributed by atoms with Crippen LogP contribution in [0.15, 0.2) is 48.7 Å². The quantitative estimate of drug-likeness (QED) is 0.724. The highest BCUT2D eigenvalue weighted by Gasteiger charge is 2.20. The molecule has 0 unspecified atom stereocenters. The van der Waals surface area contributed by atoms with E-state index in [4.69, 9.17) is 10.2 Å². The number of nitriles is 1. The highest BCUT2D eigenvalue weighted by atomic mass is 15.3. The van der Waals surface area contributed by atoms with Gasteiger partial charge in [-0.15, -0.1) is 0 Å². The maximum atomic E-state index is 9.11. The van der Waals surface area contributed by atoms with Crippen molar-refractivity contribution in [2.45, 2.75) is 27.3 Å². The van der Waals surface area contributed by atoms with Crippen LogP contribution in [0.3, 0.4) is 0 Å². The van der Waals surface area contributed by atoms with Gasteiger partial charge in [-0.25, -0.2) is 9.97 Å². The summed E-state index contributed by atoms with van der Waals surface area (Å²) in [6.07, 6.45) is 1.63. The first-order valence-electron chi connectivity index (χ1n) is 8.27. The van der Waals surface area contributed by atoms with Crippen LogP contribution in [0.2, 0.25) is 0 Å². The molecule has 0 atom stereocenters. The molecule has 0 amide bonds. The number of hydrogen-bond donors (Lipinski definition) is 0. The lowest BCUT2D eigenvalue weighted by Gasteiger charge is -2.29. The zero-order valence-corrected chi connectivity index (χ0v) is 14.8. The predicted octanol–water partition coefficient (Wildman–Crippen LogP) is 3.95. The number of hydrogen-bond acceptors (Lipinski definition) is 5. The largest absolute Gasteiger partial charge is 0.334 e. The molecule has 0 saturated carbocycles. The Morgan fingerprint density at radius 1 is 1.04 bits per heavy atom. The van der Waals surface area contributed by atoms with Crippen molar-refractivity contribution in [3.8, 4) is 6.07 Å². The van der Waals surface area contributed by atoms with Crippen molar-refractivity contribution in [2.75, 3.05) is 11.4 Å². The second-order valence-corrected chi connectivity index (χ2v) is 7.27. The van der Waals surface area contributed by atoms with Gasteiger partial charge in [0, 0.05) is 18.1 Å². The van der Waals surface area contributed by atoms with Gasteiger partial charge in [0.1, 0.15) is 11.8 Å². The van der Waals surface area contributed by atoms with E-state index in [0.717, 1.165) is 23.1 Å². The number of fused-ring (bicyclic) bond motifs is 1. The Bertz CT molecular complexity index is 921. The molecule has 0 aliphatic carbocycles. The van der Waals surface area contributed by atoms with Gasteiger partial charge in [0.25, 0.3) is 0 Å². The van der Waals surface area contributed by atoms with E-state index in [0.29, 0.717) is 18.2 Å². The Kier molecular flexibility index (Phi) is 4.62. The van der Waals surface area contributed by atoms with E-state index in [1.807, 2.05) is 24.3 Å². The minimum Gasteiger partial charge on any atom is -0.334 e. The van der Waals surface area contributed by atoms with Crippen molar-refractivity contribution in [1.29, 1.82) is 5.26 Å². The zero-order valence-electron chi connectivity index (χ0n) is 14.8. The van der Waals surface area contributed by atoms with Crippen LogP contribution in [0.5, 0.6) is 0 Å². The van der Waals surface area contributed by atoms with Gasteiger partial charge in [-0.2, -0.15) is 5.26 Å². The summed E-state index contributed by atoms with van der Waals surface area (Å²) in [5, 5.41) is 10.2. The molecule has 3 rings (SSSR count). The number of benzene rings is 1. The summed E-state index contributed by atoms with van der Waals surface area (Å²) < 4.78 is 0. The molecule has 0 N–H and O–H groups in total. The van der Waals surface area contributed by atoms with Gasteiger partial charge in [-0.3, -0.25) is 4.98 Å². The van der Waals surface area contributed by atoms with Crippen LogP contribution in [0.25, 0.3) is 10.9 Å². The van der Waals surface area contributed by atoms with Crippen LogP contribution in [-0.4, -0.2) is 21.5 Å². The van der Waals surface area contributed by atoms with E-state index in [1.54, 1.807) is 12.3 Å². The third-order valence-corrected chi connectivity index (χ3v) is 3.71. The molecule has 5 heteroatoms.